The molecule has 0 radical (unpaired) electrons. The van der Waals surface area contributed by atoms with Crippen molar-refractivity contribution in [2.24, 2.45) is 0 Å². The molecule has 9 heteroatoms. The topological polar surface area (TPSA) is 98.8 Å². The van der Waals surface area contributed by atoms with Gasteiger partial charge in [-0.3, -0.25) is 0 Å². The molecule has 1 aliphatic heterocycles. The van der Waals surface area contributed by atoms with Gasteiger partial charge in [0, 0.05) is 38.9 Å². The lowest BCUT2D eigenvalue weighted by atomic mass is 10.3. The molecule has 4 heterocycles. The molecule has 0 bridgehead atoms. The minimum absolute atomic E-state index is 0.674. The lowest BCUT2D eigenvalue weighted by Gasteiger charge is -2.36. The number of aromatic amines is 1. The van der Waals surface area contributed by atoms with E-state index >= 15 is 0 Å². The molecule has 0 unspecified atom stereocenters. The molecule has 1 fully saturated rings. The van der Waals surface area contributed by atoms with E-state index in [0.29, 0.717) is 11.6 Å². The van der Waals surface area contributed by atoms with Crippen molar-refractivity contribution in [1.29, 1.82) is 0 Å². The number of hydrogen-bond acceptors (Lipinski definition) is 8. The van der Waals surface area contributed by atoms with Gasteiger partial charge in [0.05, 0.1) is 6.33 Å². The Bertz CT molecular complexity index is 822. The second-order valence-corrected chi connectivity index (χ2v) is 5.54. The van der Waals surface area contributed by atoms with E-state index in [-0.39, 0.29) is 0 Å². The second-order valence-electron chi connectivity index (χ2n) is 5.54. The summed E-state index contributed by atoms with van der Waals surface area (Å²) in [5, 5.41) is 3.15. The fourth-order valence-electron chi connectivity index (χ4n) is 2.91. The van der Waals surface area contributed by atoms with Crippen molar-refractivity contribution < 1.29 is 0 Å². The first-order chi connectivity index (χ1) is 11.8. The van der Waals surface area contributed by atoms with E-state index in [1.54, 1.807) is 18.9 Å². The van der Waals surface area contributed by atoms with E-state index in [2.05, 4.69) is 45.0 Å². The Morgan fingerprint density at radius 1 is 1.08 bits per heavy atom. The van der Waals surface area contributed by atoms with Crippen LogP contribution in [0.15, 0.2) is 24.9 Å². The molecule has 124 valence electrons. The highest BCUT2D eigenvalue weighted by Crippen LogP contribution is 2.22. The largest absolute Gasteiger partial charge is 0.354 e. The Labute approximate surface area is 139 Å². The summed E-state index contributed by atoms with van der Waals surface area (Å²) in [5.74, 6) is 2.54. The van der Waals surface area contributed by atoms with Crippen LogP contribution >= 0.6 is 0 Å². The first kappa shape index (κ1) is 14.6. The van der Waals surface area contributed by atoms with E-state index in [4.69, 9.17) is 0 Å². The third-order valence-electron chi connectivity index (χ3n) is 4.08. The van der Waals surface area contributed by atoms with Crippen molar-refractivity contribution in [2.45, 2.75) is 6.92 Å². The molecule has 3 aromatic rings. The van der Waals surface area contributed by atoms with Gasteiger partial charge in [0.1, 0.15) is 17.7 Å². The predicted molar refractivity (Wildman–Crippen MR) is 92.3 cm³/mol. The van der Waals surface area contributed by atoms with Crippen LogP contribution < -0.4 is 15.1 Å². The van der Waals surface area contributed by atoms with E-state index < -0.39 is 0 Å². The fourth-order valence-corrected chi connectivity index (χ4v) is 2.91. The van der Waals surface area contributed by atoms with Crippen LogP contribution in [0.4, 0.5) is 17.6 Å². The molecule has 24 heavy (non-hydrogen) atoms. The molecule has 9 nitrogen and oxygen atoms in total. The summed E-state index contributed by atoms with van der Waals surface area (Å²) in [4.78, 5) is 29.2. The summed E-state index contributed by atoms with van der Waals surface area (Å²) >= 11 is 0. The highest BCUT2D eigenvalue weighted by atomic mass is 15.3. The normalized spacial score (nSPS) is 15.0. The maximum absolute atomic E-state index is 4.57. The molecule has 0 aromatic carbocycles. The number of rotatable bonds is 4. The predicted octanol–water partition coefficient (Wildman–Crippen LogP) is 0.901. The Balaban J connectivity index is 1.49. The lowest BCUT2D eigenvalue weighted by molar-refractivity contribution is 0.642. The zero-order chi connectivity index (χ0) is 16.4. The van der Waals surface area contributed by atoms with Crippen molar-refractivity contribution in [3.05, 3.63) is 24.9 Å². The van der Waals surface area contributed by atoms with Gasteiger partial charge in [-0.2, -0.15) is 4.98 Å². The number of imidazole rings is 1. The summed E-state index contributed by atoms with van der Waals surface area (Å²) in [5.41, 5.74) is 1.59. The van der Waals surface area contributed by atoms with Crippen molar-refractivity contribution in [3.8, 4) is 0 Å². The molecule has 2 N–H and O–H groups in total. The van der Waals surface area contributed by atoms with Crippen molar-refractivity contribution in [2.75, 3.05) is 47.8 Å². The molecule has 0 amide bonds. The number of nitrogens with zero attached hydrogens (tertiary/aromatic N) is 7. The molecule has 0 aliphatic carbocycles. The Morgan fingerprint density at radius 3 is 2.75 bits per heavy atom. The van der Waals surface area contributed by atoms with Crippen LogP contribution in [0, 0.1) is 0 Å². The molecule has 4 rings (SSSR count). The molecule has 1 aliphatic rings. The van der Waals surface area contributed by atoms with E-state index in [1.807, 2.05) is 13.0 Å². The number of piperazine rings is 1. The van der Waals surface area contributed by atoms with Crippen LogP contribution in [0.3, 0.4) is 0 Å². The summed E-state index contributed by atoms with van der Waals surface area (Å²) in [6.45, 7) is 6.33. The number of anilines is 3. The molecule has 0 saturated carbocycles. The number of fused-ring (bicyclic) bond motifs is 1. The average Bonchev–Trinajstić information content (AvgIpc) is 3.11. The molecule has 0 spiro atoms. The quantitative estimate of drug-likeness (QED) is 0.730. The first-order valence-electron chi connectivity index (χ1n) is 8.06. The van der Waals surface area contributed by atoms with Gasteiger partial charge in [0.25, 0.3) is 0 Å². The Kier molecular flexibility index (Phi) is 3.81. The van der Waals surface area contributed by atoms with Gasteiger partial charge in [-0.15, -0.1) is 0 Å². The van der Waals surface area contributed by atoms with Gasteiger partial charge in [-0.25, -0.2) is 19.9 Å². The van der Waals surface area contributed by atoms with Crippen LogP contribution in [-0.2, 0) is 0 Å². The van der Waals surface area contributed by atoms with Gasteiger partial charge < -0.3 is 20.1 Å². The van der Waals surface area contributed by atoms with Gasteiger partial charge in [0.2, 0.25) is 5.95 Å². The number of aromatic nitrogens is 6. The minimum Gasteiger partial charge on any atom is -0.354 e. The van der Waals surface area contributed by atoms with E-state index in [1.165, 1.54) is 0 Å². The molecular formula is C15H19N9. The van der Waals surface area contributed by atoms with Gasteiger partial charge in [-0.1, -0.05) is 0 Å². The van der Waals surface area contributed by atoms with Gasteiger partial charge in [-0.05, 0) is 13.0 Å². The lowest BCUT2D eigenvalue weighted by Crippen LogP contribution is -2.47. The van der Waals surface area contributed by atoms with Gasteiger partial charge in [0.15, 0.2) is 11.5 Å². The Morgan fingerprint density at radius 2 is 1.92 bits per heavy atom. The Hall–Kier alpha value is -2.97. The monoisotopic (exact) mass is 325 g/mol. The third kappa shape index (κ3) is 2.68. The number of H-pyrrole nitrogens is 1. The zero-order valence-electron chi connectivity index (χ0n) is 13.5. The summed E-state index contributed by atoms with van der Waals surface area (Å²) < 4.78 is 0. The molecule has 3 aromatic heterocycles. The summed E-state index contributed by atoms with van der Waals surface area (Å²) in [7, 11) is 0. The van der Waals surface area contributed by atoms with Crippen LogP contribution in [0.2, 0.25) is 0 Å². The SMILES string of the molecule is CCNc1nccc(N2CCN(c3ncnc4nc[nH]c34)CC2)n1. The molecular weight excluding hydrogens is 306 g/mol. The maximum Gasteiger partial charge on any atom is 0.224 e. The highest BCUT2D eigenvalue weighted by Gasteiger charge is 2.21. The molecule has 1 saturated heterocycles. The average molecular weight is 325 g/mol. The summed E-state index contributed by atoms with van der Waals surface area (Å²) in [6, 6.07) is 1.95. The minimum atomic E-state index is 0.674. The van der Waals surface area contributed by atoms with Crippen molar-refractivity contribution in [1.82, 2.24) is 29.9 Å². The van der Waals surface area contributed by atoms with Crippen LogP contribution in [0.1, 0.15) is 6.92 Å². The smallest absolute Gasteiger partial charge is 0.224 e. The fraction of sp³-hybridized carbons (Fsp3) is 0.400. The number of nitrogens with one attached hydrogen (secondary N) is 2. The van der Waals surface area contributed by atoms with Crippen LogP contribution in [0.5, 0.6) is 0 Å². The maximum atomic E-state index is 4.57. The second kappa shape index (κ2) is 6.26. The third-order valence-corrected chi connectivity index (χ3v) is 4.08. The standard InChI is InChI=1S/C15H19N9/c1-2-16-15-17-4-3-11(22-15)23-5-7-24(8-6-23)14-12-13(19-9-18-12)20-10-21-14/h3-4,9-10H,2,5-8H2,1H3,(H,16,17,22)(H,18,19,20,21). The van der Waals surface area contributed by atoms with Crippen molar-refractivity contribution >= 4 is 28.7 Å². The van der Waals surface area contributed by atoms with Gasteiger partial charge >= 0.3 is 0 Å². The molecule has 0 atom stereocenters. The van der Waals surface area contributed by atoms with Crippen LogP contribution in [0.25, 0.3) is 11.2 Å². The summed E-state index contributed by atoms with van der Waals surface area (Å²) in [6.07, 6.45) is 5.02. The van der Waals surface area contributed by atoms with Crippen LogP contribution in [-0.4, -0.2) is 62.6 Å². The van der Waals surface area contributed by atoms with Crippen molar-refractivity contribution in [3.63, 3.8) is 0 Å². The highest BCUT2D eigenvalue weighted by molar-refractivity contribution is 5.82. The first-order valence-corrected chi connectivity index (χ1v) is 8.06. The number of hydrogen-bond donors (Lipinski definition) is 2. The van der Waals surface area contributed by atoms with E-state index in [0.717, 1.165) is 49.9 Å². The zero-order valence-corrected chi connectivity index (χ0v) is 13.5. The van der Waals surface area contributed by atoms with E-state index in [9.17, 15) is 0 Å².